The molecule has 2 aliphatic rings. The van der Waals surface area contributed by atoms with Crippen molar-refractivity contribution in [3.8, 4) is 11.5 Å². The van der Waals surface area contributed by atoms with Crippen LogP contribution in [0.25, 0.3) is 10.8 Å². The molecule has 53 heteroatoms. The zero-order valence-electron chi connectivity index (χ0n) is 79.0. The van der Waals surface area contributed by atoms with Crippen molar-refractivity contribution in [3.63, 3.8) is 0 Å². The number of phenolic OH excluding ortho intramolecular Hbond substituents is 2. The van der Waals surface area contributed by atoms with Crippen LogP contribution >= 0.6 is 21.6 Å². The molecule has 4 aromatic carbocycles. The number of primary amides is 4. The van der Waals surface area contributed by atoms with Gasteiger partial charge in [-0.1, -0.05) is 82.3 Å². The summed E-state index contributed by atoms with van der Waals surface area (Å²) < 4.78 is 0. The quantitative estimate of drug-likeness (QED) is 0.00846. The summed E-state index contributed by atoms with van der Waals surface area (Å²) in [4.78, 5) is 262. The number of carbonyl (C=O) groups is 17. The third-order valence-electron chi connectivity index (χ3n) is 22.8. The molecular weight excluding hydrogens is 1890 g/mol. The van der Waals surface area contributed by atoms with Gasteiger partial charge in [0.25, 0.3) is 0 Å². The van der Waals surface area contributed by atoms with E-state index in [0.717, 1.165) is 21.6 Å². The van der Waals surface area contributed by atoms with Crippen LogP contribution in [0, 0.1) is 0 Å². The Balaban J connectivity index is 1.62. The van der Waals surface area contributed by atoms with E-state index in [4.69, 9.17) is 74.5 Å². The van der Waals surface area contributed by atoms with E-state index in [1.165, 1.54) is 59.5 Å². The summed E-state index contributed by atoms with van der Waals surface area (Å²) in [5.74, 6) is -16.8. The Labute approximate surface area is 828 Å². The van der Waals surface area contributed by atoms with Crippen molar-refractivity contribution in [3.05, 3.63) is 108 Å². The van der Waals surface area contributed by atoms with E-state index < -0.39 is 203 Å². The molecular formula is C89H138N32O19S2. The van der Waals surface area contributed by atoms with Crippen molar-refractivity contribution in [2.75, 3.05) is 70.4 Å². The molecule has 43 N–H and O–H groups in total. The fourth-order valence-corrected chi connectivity index (χ4v) is 17.6. The first kappa shape index (κ1) is 116. The predicted molar refractivity (Wildman–Crippen MR) is 533 cm³/mol. The maximum atomic E-state index is 16.0. The van der Waals surface area contributed by atoms with Crippen LogP contribution in [0.4, 0.5) is 14.4 Å². The standard InChI is InChI=1S/C89H138N32O19S2/c90-35-5-3-17-58-74(128)115-63(18-4-6-36-91)83(137)121-43-13-24-68(121)81(135)117-65(45-50-27-33-55(123)34-28-50)78(132)114-59(20-9-38-104-85(96)97)73(127)112-61(23-12-42-108-89(102)140)75(129)118-66(79(133)109-57(70(93)124)19-8-37-103-84(94)95)47-141-142-48-67(80(134)116-64(44-49-25-31-54(122)32-26-49)77(131)113-60(72(126)111-58)22-11-41-107-88(101)139)119-82(136)69(53-30-29-51-14-1-2-15-52(51)46-53)120-76(130)62(21-10-39-105-86(98)99)110-71(125)56(92)16-7-40-106-87(100)138/h1-2,14-15,25-34,46,56-69,122-123H,3-13,16-24,35-45,47-48,90-92H2,(H2,93,124)(H,109,133)(H,110,125)(H,111,126)(H,112,127)(H,113,131)(H,114,132)(H,115,128)(H,116,134)(H,117,135)(H,118,129)(H,119,136)(H,120,130)(H4,94,95,103)(H4,96,97,104)(H4,98,99,105)(H3,100,106,138)(H3,101,107,139)(H3,102,108,140)/t56-,57-,58+,59-,60-,61-,62-,63-,64+,65-,66+,67+,68+,69-/m0/s1. The molecule has 2 saturated heterocycles. The van der Waals surface area contributed by atoms with Gasteiger partial charge in [0, 0.05) is 70.2 Å². The lowest BCUT2D eigenvalue weighted by atomic mass is 10.00. The Morgan fingerprint density at radius 2 is 0.852 bits per heavy atom. The summed E-state index contributed by atoms with van der Waals surface area (Å²) in [6.45, 7) is -0.443. The number of nitrogens with one attached hydrogen (secondary N) is 15. The first-order valence-corrected chi connectivity index (χ1v) is 49.2. The molecule has 51 nitrogen and oxygen atoms in total. The predicted octanol–water partition coefficient (Wildman–Crippen LogP) is -6.81. The Morgan fingerprint density at radius 1 is 0.423 bits per heavy atom. The molecule has 14 atom stereocenters. The molecule has 0 saturated carbocycles. The lowest BCUT2D eigenvalue weighted by Gasteiger charge is -2.31. The minimum Gasteiger partial charge on any atom is -0.508 e. The van der Waals surface area contributed by atoms with Crippen LogP contribution in [0.1, 0.15) is 151 Å². The Bertz CT molecular complexity index is 5000. The Kier molecular flexibility index (Phi) is 50.6. The fourth-order valence-electron chi connectivity index (χ4n) is 15.2. The average molecular weight is 2020 g/mol. The number of nitrogens with two attached hydrogens (primary N) is 13. The second-order valence-electron chi connectivity index (χ2n) is 33.9. The summed E-state index contributed by atoms with van der Waals surface area (Å²) in [7, 11) is 1.49. The highest BCUT2D eigenvalue weighted by Gasteiger charge is 2.43. The maximum absolute atomic E-state index is 16.0. The topological polar surface area (TPSA) is 890 Å². The van der Waals surface area contributed by atoms with Gasteiger partial charge in [-0.05, 0) is 199 Å². The van der Waals surface area contributed by atoms with Gasteiger partial charge >= 0.3 is 18.1 Å². The van der Waals surface area contributed by atoms with E-state index in [2.05, 4.69) is 94.7 Å². The number of rotatable bonds is 46. The molecule has 0 aliphatic carbocycles. The van der Waals surface area contributed by atoms with Gasteiger partial charge in [0.05, 0.1) is 6.04 Å². The van der Waals surface area contributed by atoms with Crippen molar-refractivity contribution in [1.29, 1.82) is 0 Å². The molecule has 780 valence electrons. The summed E-state index contributed by atoms with van der Waals surface area (Å²) >= 11 is 0. The van der Waals surface area contributed by atoms with Crippen LogP contribution in [0.5, 0.6) is 11.5 Å². The number of amides is 20. The monoisotopic (exact) mass is 2020 g/mol. The number of carbonyl (C=O) groups excluding carboxylic acids is 17. The number of benzene rings is 4. The molecule has 0 radical (unpaired) electrons. The normalized spacial score (nSPS) is 20.3. The number of urea groups is 3. The molecule has 2 fully saturated rings. The SMILES string of the molecule is NCCCC[C@@H]1NC(=O)[C@@H](CCCCN)NC(=O)[C@H](CCCNC(N)=O)NC(=O)[C@@H](Cc2ccc(O)cc2)NC(=O)[C@H](NC(=O)[C@@H](NC(=O)[C@H](CCCN=C(N)N)NC(=O)[C@@H](N)CCCNC(N)=O)c2ccc3ccccc3c2)CSSC[C@H](C(=O)N[C@@H](CCCN=C(N)N)C(N)=O)NC(=O)[C@H](CCCNC(N)=O)NC(=O)[C@H](CCCN=C(N)N)NC(=O)[C@H](Cc2ccc(O)cc2)NC(=O)[C@H]2CCCN2C1=O. The summed E-state index contributed by atoms with van der Waals surface area (Å²) in [6, 6.07) is -3.05. The highest BCUT2D eigenvalue weighted by Crippen LogP contribution is 2.28. The van der Waals surface area contributed by atoms with Crippen LogP contribution in [-0.2, 0) is 80.0 Å². The van der Waals surface area contributed by atoms with Crippen molar-refractivity contribution >= 4 is 151 Å². The highest BCUT2D eigenvalue weighted by molar-refractivity contribution is 8.76. The molecule has 0 aromatic heterocycles. The number of hydrogen-bond acceptors (Lipinski definition) is 27. The van der Waals surface area contributed by atoms with E-state index in [1.54, 1.807) is 36.4 Å². The van der Waals surface area contributed by atoms with Crippen molar-refractivity contribution in [2.24, 2.45) is 89.5 Å². The van der Waals surface area contributed by atoms with Crippen LogP contribution < -0.4 is 154 Å². The molecule has 0 bridgehead atoms. The minimum atomic E-state index is -1.92. The largest absolute Gasteiger partial charge is 0.508 e. The third-order valence-corrected chi connectivity index (χ3v) is 25.2. The van der Waals surface area contributed by atoms with Gasteiger partial charge in [-0.2, -0.15) is 0 Å². The van der Waals surface area contributed by atoms with Gasteiger partial charge in [-0.25, -0.2) is 14.4 Å². The fraction of sp³-hybridized carbons (Fsp3) is 0.528. The van der Waals surface area contributed by atoms with Crippen LogP contribution in [0.2, 0.25) is 0 Å². The van der Waals surface area contributed by atoms with Gasteiger partial charge in [0.2, 0.25) is 82.7 Å². The molecule has 2 heterocycles. The molecule has 0 unspecified atom stereocenters. The van der Waals surface area contributed by atoms with Crippen molar-refractivity contribution in [1.82, 2.24) is 84.7 Å². The number of fused-ring (bicyclic) bond motifs is 2. The number of aliphatic imine (C=N–C) groups is 3. The number of phenols is 2. The zero-order chi connectivity index (χ0) is 104. The summed E-state index contributed by atoms with van der Waals surface area (Å²) in [6.07, 6.45) is -1.24. The number of hydrogen-bond donors (Lipinski definition) is 30. The second kappa shape index (κ2) is 61.9. The van der Waals surface area contributed by atoms with Gasteiger partial charge in [0.1, 0.15) is 90.0 Å². The van der Waals surface area contributed by atoms with E-state index in [1.807, 2.05) is 0 Å². The number of guanidine groups is 3. The average Bonchev–Trinajstić information content (AvgIpc) is 1.32. The first-order valence-electron chi connectivity index (χ1n) is 46.7. The molecule has 2 aliphatic heterocycles. The van der Waals surface area contributed by atoms with Gasteiger partial charge < -0.3 is 169 Å². The summed E-state index contributed by atoms with van der Waals surface area (Å²) in [5, 5.41) is 61.7. The van der Waals surface area contributed by atoms with Crippen molar-refractivity contribution in [2.45, 2.75) is 226 Å². The van der Waals surface area contributed by atoms with Crippen molar-refractivity contribution < 1.29 is 91.7 Å². The Morgan fingerprint density at radius 3 is 1.35 bits per heavy atom. The molecule has 142 heavy (non-hydrogen) atoms. The summed E-state index contributed by atoms with van der Waals surface area (Å²) in [5.41, 5.74) is 75.0. The van der Waals surface area contributed by atoms with Gasteiger partial charge in [0.15, 0.2) is 17.9 Å². The Hall–Kier alpha value is -14.5. The molecule has 6 rings (SSSR count). The second-order valence-corrected chi connectivity index (χ2v) is 36.5. The third kappa shape index (κ3) is 42.3. The highest BCUT2D eigenvalue weighted by atomic mass is 33.1. The number of nitrogens with zero attached hydrogens (tertiary/aromatic N) is 4. The number of unbranched alkanes of at least 4 members (excludes halogenated alkanes) is 2. The molecule has 4 aromatic rings. The first-order chi connectivity index (χ1) is 67.7. The zero-order valence-corrected chi connectivity index (χ0v) is 80.7. The van der Waals surface area contributed by atoms with Crippen LogP contribution in [0.3, 0.4) is 0 Å². The lowest BCUT2D eigenvalue weighted by Crippen LogP contribution is -2.61. The lowest BCUT2D eigenvalue weighted by molar-refractivity contribution is -0.142. The van der Waals surface area contributed by atoms with Gasteiger partial charge in [-0.3, -0.25) is 82.1 Å². The van der Waals surface area contributed by atoms with Crippen LogP contribution in [0.15, 0.2) is 106 Å². The van der Waals surface area contributed by atoms with E-state index in [-0.39, 0.29) is 221 Å². The number of aromatic hydroxyl groups is 2. The van der Waals surface area contributed by atoms with E-state index >= 15 is 57.5 Å². The maximum Gasteiger partial charge on any atom is 0.312 e. The van der Waals surface area contributed by atoms with E-state index in [0.29, 0.717) is 29.2 Å². The van der Waals surface area contributed by atoms with Crippen LogP contribution in [-0.4, -0.2) is 283 Å². The minimum absolute atomic E-state index is 0.0111. The van der Waals surface area contributed by atoms with E-state index in [9.17, 15) is 34.2 Å². The van der Waals surface area contributed by atoms with Gasteiger partial charge in [-0.15, -0.1) is 0 Å². The molecule has 20 amide bonds. The molecule has 0 spiro atoms. The smallest absolute Gasteiger partial charge is 0.312 e.